The molecule has 1 aliphatic rings. The molecule has 8 nitrogen and oxygen atoms in total. The topological polar surface area (TPSA) is 113 Å². The van der Waals surface area contributed by atoms with E-state index in [-0.39, 0.29) is 17.0 Å². The number of aryl methyl sites for hydroxylation is 1. The molecule has 8 heteroatoms. The molecule has 4 rings (SSSR count). The lowest BCUT2D eigenvalue weighted by molar-refractivity contribution is 0.0916. The van der Waals surface area contributed by atoms with Crippen molar-refractivity contribution in [3.63, 3.8) is 0 Å². The smallest absolute Gasteiger partial charge is 0.280 e. The molecule has 0 spiro atoms. The van der Waals surface area contributed by atoms with Crippen molar-refractivity contribution in [3.05, 3.63) is 69.8 Å². The van der Waals surface area contributed by atoms with Crippen molar-refractivity contribution >= 4 is 5.91 Å². The maximum atomic E-state index is 12.9. The number of rotatable bonds is 7. The monoisotopic (exact) mass is 417 g/mol. The summed E-state index contributed by atoms with van der Waals surface area (Å²) in [6.45, 7) is 2.46. The molecular formula is C23H23N5O3. The fourth-order valence-corrected chi connectivity index (χ4v) is 3.62. The molecule has 31 heavy (non-hydrogen) atoms. The number of ether oxygens (including phenoxy) is 1. The van der Waals surface area contributed by atoms with Gasteiger partial charge in [-0.1, -0.05) is 6.07 Å². The van der Waals surface area contributed by atoms with Gasteiger partial charge >= 0.3 is 0 Å². The maximum Gasteiger partial charge on any atom is 0.280 e. The van der Waals surface area contributed by atoms with Gasteiger partial charge in [0.05, 0.1) is 22.8 Å². The van der Waals surface area contributed by atoms with Crippen LogP contribution in [0.3, 0.4) is 0 Å². The maximum absolute atomic E-state index is 12.9. The number of carbonyl (C=O) groups is 1. The minimum atomic E-state index is -0.256. The van der Waals surface area contributed by atoms with Gasteiger partial charge in [-0.05, 0) is 61.6 Å². The summed E-state index contributed by atoms with van der Waals surface area (Å²) in [4.78, 5) is 29.8. The van der Waals surface area contributed by atoms with Gasteiger partial charge in [0, 0.05) is 31.6 Å². The Bertz CT molecular complexity index is 1210. The molecule has 1 aliphatic carbocycles. The molecule has 0 radical (unpaired) electrons. The van der Waals surface area contributed by atoms with E-state index >= 15 is 0 Å². The van der Waals surface area contributed by atoms with Crippen LogP contribution in [-0.4, -0.2) is 39.9 Å². The number of nitrogens with one attached hydrogen (secondary N) is 2. The normalized spacial score (nSPS) is 14.1. The van der Waals surface area contributed by atoms with Crippen molar-refractivity contribution in [2.24, 2.45) is 0 Å². The zero-order chi connectivity index (χ0) is 22.0. The summed E-state index contributed by atoms with van der Waals surface area (Å²) in [6, 6.07) is 10.6. The fourth-order valence-electron chi connectivity index (χ4n) is 3.62. The number of aromatic amines is 1. The lowest BCUT2D eigenvalue weighted by atomic mass is 10.0. The second kappa shape index (κ2) is 8.20. The first-order valence-corrected chi connectivity index (χ1v) is 10.1. The zero-order valence-electron chi connectivity index (χ0n) is 17.4. The molecule has 0 bridgehead atoms. The second-order valence-corrected chi connectivity index (χ2v) is 7.85. The summed E-state index contributed by atoms with van der Waals surface area (Å²) in [7, 11) is 1.65. The summed E-state index contributed by atoms with van der Waals surface area (Å²) in [5.74, 6) is 0.208. The highest BCUT2D eigenvalue weighted by Gasteiger charge is 2.43. The van der Waals surface area contributed by atoms with Gasteiger partial charge in [0.25, 0.3) is 11.5 Å². The van der Waals surface area contributed by atoms with E-state index in [2.05, 4.69) is 21.5 Å². The fraction of sp³-hybridized carbons (Fsp3) is 0.304. The van der Waals surface area contributed by atoms with E-state index in [1.165, 1.54) is 10.9 Å². The summed E-state index contributed by atoms with van der Waals surface area (Å²) in [6.07, 6.45) is 5.77. The molecule has 0 saturated heterocycles. The van der Waals surface area contributed by atoms with Crippen molar-refractivity contribution < 1.29 is 9.53 Å². The number of aromatic nitrogens is 3. The van der Waals surface area contributed by atoms with Crippen LogP contribution in [0.15, 0.2) is 47.5 Å². The third kappa shape index (κ3) is 4.13. The van der Waals surface area contributed by atoms with Crippen molar-refractivity contribution in [2.75, 3.05) is 13.7 Å². The van der Waals surface area contributed by atoms with Crippen molar-refractivity contribution in [3.8, 4) is 23.0 Å². The molecule has 0 unspecified atom stereocenters. The van der Waals surface area contributed by atoms with Crippen molar-refractivity contribution in [2.45, 2.75) is 31.7 Å². The molecule has 158 valence electrons. The highest BCUT2D eigenvalue weighted by atomic mass is 16.5. The Kier molecular flexibility index (Phi) is 5.44. The Balaban J connectivity index is 1.53. The van der Waals surface area contributed by atoms with E-state index in [4.69, 9.17) is 10.00 Å². The number of benzene rings is 1. The summed E-state index contributed by atoms with van der Waals surface area (Å²) < 4.78 is 6.45. The molecule has 3 aromatic rings. The van der Waals surface area contributed by atoms with Crippen molar-refractivity contribution in [1.82, 2.24) is 20.1 Å². The largest absolute Gasteiger partial charge is 0.385 e. The van der Waals surface area contributed by atoms with E-state index in [0.717, 1.165) is 30.4 Å². The molecule has 2 aromatic heterocycles. The standard InChI is InChI=1S/C23H23N5O3/c1-15-11-16(12-24)3-5-18(15)19-14-26-28(22(19)30)20-6-4-17(13-25-20)21(29)27-23(7-8-23)9-10-31-2/h3-6,11,13-14,26H,7-10H2,1-2H3,(H,27,29). The Labute approximate surface area is 179 Å². The Morgan fingerprint density at radius 1 is 1.32 bits per heavy atom. The van der Waals surface area contributed by atoms with E-state index in [1.807, 2.05) is 6.92 Å². The molecule has 1 aromatic carbocycles. The van der Waals surface area contributed by atoms with E-state index in [0.29, 0.717) is 29.1 Å². The number of hydrogen-bond donors (Lipinski definition) is 2. The van der Waals surface area contributed by atoms with Gasteiger partial charge in [-0.3, -0.25) is 14.7 Å². The predicted molar refractivity (Wildman–Crippen MR) is 115 cm³/mol. The van der Waals surface area contributed by atoms with Crippen LogP contribution in [0.2, 0.25) is 0 Å². The van der Waals surface area contributed by atoms with E-state index < -0.39 is 0 Å². The minimum absolute atomic E-state index is 0.171. The molecule has 0 aliphatic heterocycles. The second-order valence-electron chi connectivity index (χ2n) is 7.85. The van der Waals surface area contributed by atoms with Crippen LogP contribution in [0.4, 0.5) is 0 Å². The molecule has 2 N–H and O–H groups in total. The van der Waals surface area contributed by atoms with Crippen molar-refractivity contribution in [1.29, 1.82) is 5.26 Å². The van der Waals surface area contributed by atoms with E-state index in [1.54, 1.807) is 43.6 Å². The Morgan fingerprint density at radius 2 is 2.13 bits per heavy atom. The first kappa shape index (κ1) is 20.6. The van der Waals surface area contributed by atoms with E-state index in [9.17, 15) is 9.59 Å². The molecule has 1 fully saturated rings. The third-order valence-corrected chi connectivity index (χ3v) is 5.67. The average molecular weight is 417 g/mol. The summed E-state index contributed by atoms with van der Waals surface area (Å²) in [5.41, 5.74) is 2.63. The first-order valence-electron chi connectivity index (χ1n) is 10.1. The lowest BCUT2D eigenvalue weighted by Gasteiger charge is -2.16. The minimum Gasteiger partial charge on any atom is -0.385 e. The van der Waals surface area contributed by atoms with Gasteiger partial charge in [-0.25, -0.2) is 9.67 Å². The summed E-state index contributed by atoms with van der Waals surface area (Å²) >= 11 is 0. The van der Waals surface area contributed by atoms with Gasteiger partial charge in [0.1, 0.15) is 0 Å². The van der Waals surface area contributed by atoms with Crippen LogP contribution in [0.5, 0.6) is 0 Å². The predicted octanol–water partition coefficient (Wildman–Crippen LogP) is 2.71. The molecule has 2 heterocycles. The van der Waals surface area contributed by atoms with Gasteiger partial charge in [0.15, 0.2) is 5.82 Å². The number of nitriles is 1. The molecular weight excluding hydrogens is 394 g/mol. The molecule has 0 atom stereocenters. The Hall–Kier alpha value is -3.70. The number of H-pyrrole nitrogens is 1. The van der Waals surface area contributed by atoms with Gasteiger partial charge in [-0.15, -0.1) is 0 Å². The zero-order valence-corrected chi connectivity index (χ0v) is 17.4. The molecule has 1 saturated carbocycles. The number of nitrogens with zero attached hydrogens (tertiary/aromatic N) is 3. The number of carbonyl (C=O) groups excluding carboxylic acids is 1. The van der Waals surface area contributed by atoms with Gasteiger partial charge in [-0.2, -0.15) is 5.26 Å². The number of amides is 1. The molecule has 1 amide bonds. The van der Waals surface area contributed by atoms with Gasteiger partial charge in [0.2, 0.25) is 0 Å². The van der Waals surface area contributed by atoms with Gasteiger partial charge < -0.3 is 10.1 Å². The van der Waals surface area contributed by atoms with Crippen LogP contribution in [-0.2, 0) is 4.74 Å². The summed E-state index contributed by atoms with van der Waals surface area (Å²) in [5, 5.41) is 15.0. The average Bonchev–Trinajstić information content (AvgIpc) is 3.44. The SMILES string of the molecule is COCCC1(NC(=O)c2ccc(-n3[nH]cc(-c4ccc(C#N)cc4C)c3=O)nc2)CC1. The quantitative estimate of drug-likeness (QED) is 0.614. The number of methoxy groups -OCH3 is 1. The van der Waals surface area contributed by atoms with Crippen LogP contribution >= 0.6 is 0 Å². The third-order valence-electron chi connectivity index (χ3n) is 5.67. The number of hydrogen-bond acceptors (Lipinski definition) is 5. The highest BCUT2D eigenvalue weighted by Crippen LogP contribution is 2.38. The van der Waals surface area contributed by atoms with Crippen LogP contribution in [0.1, 0.15) is 40.7 Å². The van der Waals surface area contributed by atoms with Crippen LogP contribution in [0, 0.1) is 18.3 Å². The first-order chi connectivity index (χ1) is 15.0. The van der Waals surface area contributed by atoms with Crippen LogP contribution in [0.25, 0.3) is 16.9 Å². The van der Waals surface area contributed by atoms with Crippen LogP contribution < -0.4 is 10.9 Å². The number of pyridine rings is 1. The highest BCUT2D eigenvalue weighted by molar-refractivity contribution is 5.94. The lowest BCUT2D eigenvalue weighted by Crippen LogP contribution is -2.37. The Morgan fingerprint density at radius 3 is 2.74 bits per heavy atom.